The quantitative estimate of drug-likeness (QED) is 0.418. The van der Waals surface area contributed by atoms with E-state index >= 15 is 0 Å². The first-order valence-corrected chi connectivity index (χ1v) is 12.3. The predicted molar refractivity (Wildman–Crippen MR) is 140 cm³/mol. The lowest BCUT2D eigenvalue weighted by molar-refractivity contribution is 0.393. The number of nitrogens with zero attached hydrogens (tertiary/aromatic N) is 2. The Kier molecular flexibility index (Phi) is 7.30. The van der Waals surface area contributed by atoms with Gasteiger partial charge >= 0.3 is 0 Å². The zero-order valence-electron chi connectivity index (χ0n) is 19.1. The molecule has 0 fully saturated rings. The van der Waals surface area contributed by atoms with Gasteiger partial charge in [-0.05, 0) is 31.2 Å². The summed E-state index contributed by atoms with van der Waals surface area (Å²) in [6, 6.07) is 14.2. The Hall–Kier alpha value is -2.90. The molecule has 0 saturated carbocycles. The summed E-state index contributed by atoms with van der Waals surface area (Å²) in [6.45, 7) is 2.71. The van der Waals surface area contributed by atoms with E-state index < -0.39 is 0 Å². The van der Waals surface area contributed by atoms with Crippen molar-refractivity contribution in [2.75, 3.05) is 37.7 Å². The zero-order chi connectivity index (χ0) is 23.4. The molecule has 2 aromatic carbocycles. The molecule has 2 heterocycles. The SMILES string of the molecule is COc1cc(OC)c(Cl)c(-c2cc3c(c(NCCc4ccccc4)n2)NC(SC)N=C3)c1C. The maximum atomic E-state index is 6.75. The van der Waals surface area contributed by atoms with Crippen LogP contribution in [0, 0.1) is 6.92 Å². The highest BCUT2D eigenvalue weighted by Gasteiger charge is 2.23. The molecule has 0 spiro atoms. The number of thioether (sulfide) groups is 1. The normalized spacial score (nSPS) is 14.4. The molecule has 1 aliphatic heterocycles. The average Bonchev–Trinajstić information content (AvgIpc) is 2.84. The van der Waals surface area contributed by atoms with Gasteiger partial charge in [0.2, 0.25) is 0 Å². The summed E-state index contributed by atoms with van der Waals surface area (Å²) in [5.41, 5.74) is 5.50. The molecule has 0 aliphatic carbocycles. The minimum atomic E-state index is -0.0536. The van der Waals surface area contributed by atoms with E-state index in [1.54, 1.807) is 32.0 Å². The van der Waals surface area contributed by atoms with Gasteiger partial charge in [-0.2, -0.15) is 0 Å². The number of methoxy groups -OCH3 is 2. The Bertz CT molecular complexity index is 1140. The molecule has 0 bridgehead atoms. The number of hydrogen-bond acceptors (Lipinski definition) is 7. The minimum absolute atomic E-state index is 0.0536. The van der Waals surface area contributed by atoms with E-state index in [-0.39, 0.29) is 5.50 Å². The number of hydrogen-bond donors (Lipinski definition) is 2. The summed E-state index contributed by atoms with van der Waals surface area (Å²) in [4.78, 5) is 9.58. The van der Waals surface area contributed by atoms with Crippen molar-refractivity contribution in [2.24, 2.45) is 4.99 Å². The van der Waals surface area contributed by atoms with Gasteiger partial charge in [0.1, 0.15) is 11.5 Å². The van der Waals surface area contributed by atoms with Crippen LogP contribution in [0.4, 0.5) is 11.5 Å². The third-order valence-electron chi connectivity index (χ3n) is 5.58. The third-order valence-corrected chi connectivity index (χ3v) is 6.64. The van der Waals surface area contributed by atoms with Crippen molar-refractivity contribution in [1.29, 1.82) is 0 Å². The monoisotopic (exact) mass is 482 g/mol. The van der Waals surface area contributed by atoms with Gasteiger partial charge in [0.15, 0.2) is 11.3 Å². The van der Waals surface area contributed by atoms with Crippen molar-refractivity contribution < 1.29 is 9.47 Å². The van der Waals surface area contributed by atoms with E-state index in [1.807, 2.05) is 31.5 Å². The number of nitrogens with one attached hydrogen (secondary N) is 2. The van der Waals surface area contributed by atoms with E-state index in [0.717, 1.165) is 46.9 Å². The summed E-state index contributed by atoms with van der Waals surface area (Å²) < 4.78 is 11.1. The molecule has 1 unspecified atom stereocenters. The van der Waals surface area contributed by atoms with Crippen molar-refractivity contribution in [1.82, 2.24) is 4.98 Å². The molecule has 3 aromatic rings. The maximum Gasteiger partial charge on any atom is 0.166 e. The molecule has 0 radical (unpaired) electrons. The van der Waals surface area contributed by atoms with Gasteiger partial charge in [-0.25, -0.2) is 4.98 Å². The van der Waals surface area contributed by atoms with Gasteiger partial charge in [0, 0.05) is 35.5 Å². The lowest BCUT2D eigenvalue weighted by Crippen LogP contribution is -2.21. The van der Waals surface area contributed by atoms with Crippen LogP contribution in [0.5, 0.6) is 11.5 Å². The number of benzene rings is 2. The van der Waals surface area contributed by atoms with Gasteiger partial charge in [0.05, 0.1) is 30.6 Å². The van der Waals surface area contributed by atoms with Crippen molar-refractivity contribution in [2.45, 2.75) is 18.8 Å². The van der Waals surface area contributed by atoms with Crippen LogP contribution in [0.2, 0.25) is 5.02 Å². The lowest BCUT2D eigenvalue weighted by atomic mass is 10.0. The van der Waals surface area contributed by atoms with Crippen molar-refractivity contribution in [3.05, 3.63) is 64.2 Å². The largest absolute Gasteiger partial charge is 0.496 e. The fraction of sp³-hybridized carbons (Fsp3) is 0.280. The summed E-state index contributed by atoms with van der Waals surface area (Å²) >= 11 is 8.38. The van der Waals surface area contributed by atoms with Gasteiger partial charge in [-0.3, -0.25) is 4.99 Å². The van der Waals surface area contributed by atoms with Gasteiger partial charge < -0.3 is 20.1 Å². The van der Waals surface area contributed by atoms with Crippen LogP contribution in [-0.4, -0.2) is 43.7 Å². The Labute approximate surface area is 203 Å². The minimum Gasteiger partial charge on any atom is -0.496 e. The number of pyridine rings is 1. The lowest BCUT2D eigenvalue weighted by Gasteiger charge is -2.24. The number of fused-ring (bicyclic) bond motifs is 1. The second-order valence-electron chi connectivity index (χ2n) is 7.59. The molecule has 172 valence electrons. The van der Waals surface area contributed by atoms with Crippen LogP contribution in [0.3, 0.4) is 0 Å². The van der Waals surface area contributed by atoms with Crippen LogP contribution in [0.15, 0.2) is 47.5 Å². The fourth-order valence-corrected chi connectivity index (χ4v) is 4.63. The first-order chi connectivity index (χ1) is 16.0. The topological polar surface area (TPSA) is 67.8 Å². The number of aromatic nitrogens is 1. The smallest absolute Gasteiger partial charge is 0.166 e. The highest BCUT2D eigenvalue weighted by Crippen LogP contribution is 2.44. The molecule has 33 heavy (non-hydrogen) atoms. The molecular weight excluding hydrogens is 456 g/mol. The van der Waals surface area contributed by atoms with Crippen LogP contribution >= 0.6 is 23.4 Å². The molecule has 1 aromatic heterocycles. The van der Waals surface area contributed by atoms with E-state index in [4.69, 9.17) is 26.1 Å². The summed E-state index contributed by atoms with van der Waals surface area (Å²) in [7, 11) is 3.23. The molecule has 1 aliphatic rings. The van der Waals surface area contributed by atoms with E-state index in [9.17, 15) is 0 Å². The Balaban J connectivity index is 1.77. The molecule has 0 saturated heterocycles. The molecular formula is C25H27ClN4O2S. The summed E-state index contributed by atoms with van der Waals surface area (Å²) in [5.74, 6) is 2.00. The van der Waals surface area contributed by atoms with Gasteiger partial charge in [-0.15, -0.1) is 11.8 Å². The van der Waals surface area contributed by atoms with Crippen LogP contribution in [0.1, 0.15) is 16.7 Å². The second-order valence-corrected chi connectivity index (χ2v) is 8.88. The number of rotatable bonds is 8. The Morgan fingerprint density at radius 2 is 1.88 bits per heavy atom. The molecule has 2 N–H and O–H groups in total. The van der Waals surface area contributed by atoms with Crippen molar-refractivity contribution in [3.8, 4) is 22.8 Å². The second kappa shape index (κ2) is 10.4. The highest BCUT2D eigenvalue weighted by molar-refractivity contribution is 7.99. The van der Waals surface area contributed by atoms with Crippen molar-refractivity contribution >= 4 is 41.1 Å². The Morgan fingerprint density at radius 3 is 2.58 bits per heavy atom. The van der Waals surface area contributed by atoms with Crippen molar-refractivity contribution in [3.63, 3.8) is 0 Å². The third kappa shape index (κ3) is 4.89. The maximum absolute atomic E-state index is 6.75. The number of aliphatic imine (C=N–C) groups is 1. The summed E-state index contributed by atoms with van der Waals surface area (Å²) in [5, 5.41) is 7.50. The van der Waals surface area contributed by atoms with Gasteiger partial charge in [-0.1, -0.05) is 41.9 Å². The molecule has 6 nitrogen and oxygen atoms in total. The van der Waals surface area contributed by atoms with Crippen LogP contribution in [0.25, 0.3) is 11.3 Å². The van der Waals surface area contributed by atoms with Crippen LogP contribution in [-0.2, 0) is 6.42 Å². The molecule has 4 rings (SSSR count). The molecule has 1 atom stereocenters. The molecule has 8 heteroatoms. The highest BCUT2D eigenvalue weighted by atomic mass is 35.5. The zero-order valence-corrected chi connectivity index (χ0v) is 20.7. The predicted octanol–water partition coefficient (Wildman–Crippen LogP) is 5.87. The first kappa shape index (κ1) is 23.3. The standard InChI is InChI=1S/C25H27ClN4O2S/c1-15-19(31-2)13-20(32-3)22(26)21(15)18-12-17-14-28-25(33-4)30-23(17)24(29-18)27-11-10-16-8-6-5-7-9-16/h5-9,12-14,25,30H,10-11H2,1-4H3,(H,27,29). The summed E-state index contributed by atoms with van der Waals surface area (Å²) in [6.07, 6.45) is 4.80. The van der Waals surface area contributed by atoms with Gasteiger partial charge in [0.25, 0.3) is 0 Å². The fourth-order valence-electron chi connectivity index (χ4n) is 3.84. The first-order valence-electron chi connectivity index (χ1n) is 10.6. The van der Waals surface area contributed by atoms with E-state index in [2.05, 4.69) is 39.9 Å². The van der Waals surface area contributed by atoms with Crippen LogP contribution < -0.4 is 20.1 Å². The number of halogens is 1. The number of ether oxygens (including phenoxy) is 2. The van der Waals surface area contributed by atoms with E-state index in [0.29, 0.717) is 16.5 Å². The Morgan fingerprint density at radius 1 is 1.12 bits per heavy atom. The molecule has 0 amide bonds. The number of anilines is 2. The average molecular weight is 483 g/mol. The van der Waals surface area contributed by atoms with E-state index in [1.165, 1.54) is 5.56 Å².